The molecule has 4 N–H and O–H groups in total. The number of unbranched alkanes of at least 4 members (excludes halogenated alkanes) is 17. The Hall–Kier alpha value is -2.83. The van der Waals surface area contributed by atoms with Crippen molar-refractivity contribution in [3.05, 3.63) is 48.6 Å². The molecule has 0 bridgehead atoms. The molecule has 1 rings (SSSR count). The highest BCUT2D eigenvalue weighted by Gasteiger charge is 2.47. The zero-order valence-corrected chi connectivity index (χ0v) is 35.3. The zero-order chi connectivity index (χ0) is 41.8. The van der Waals surface area contributed by atoms with E-state index in [0.717, 1.165) is 70.6 Å². The number of aliphatic carboxylic acids is 1. The van der Waals surface area contributed by atoms with Gasteiger partial charge in [0.25, 0.3) is 0 Å². The molecule has 57 heavy (non-hydrogen) atoms. The van der Waals surface area contributed by atoms with Gasteiger partial charge in [0.1, 0.15) is 24.9 Å². The van der Waals surface area contributed by atoms with Crippen LogP contribution in [0.2, 0.25) is 0 Å². The molecule has 0 aromatic rings. The van der Waals surface area contributed by atoms with Crippen LogP contribution in [0.15, 0.2) is 48.6 Å². The summed E-state index contributed by atoms with van der Waals surface area (Å²) in [5.74, 6) is -2.49. The van der Waals surface area contributed by atoms with E-state index < -0.39 is 61.3 Å². The summed E-state index contributed by atoms with van der Waals surface area (Å²) in [6.45, 7) is 3.66. The Bertz CT molecular complexity index is 1130. The molecule has 1 fully saturated rings. The Balaban J connectivity index is 2.39. The summed E-state index contributed by atoms with van der Waals surface area (Å²) in [5, 5.41) is 39.8. The first-order chi connectivity index (χ1) is 27.7. The van der Waals surface area contributed by atoms with Crippen LogP contribution in [0.25, 0.3) is 0 Å². The van der Waals surface area contributed by atoms with Crippen molar-refractivity contribution in [2.75, 3.05) is 13.2 Å². The Kier molecular flexibility index (Phi) is 33.2. The minimum absolute atomic E-state index is 0.170. The smallest absolute Gasteiger partial charge is 0.335 e. The van der Waals surface area contributed by atoms with Gasteiger partial charge in [-0.25, -0.2) is 4.79 Å². The van der Waals surface area contributed by atoms with Gasteiger partial charge in [-0.3, -0.25) is 9.59 Å². The number of allylic oxidation sites excluding steroid dienone is 8. The van der Waals surface area contributed by atoms with E-state index in [-0.39, 0.29) is 19.4 Å². The molecule has 0 aliphatic carbocycles. The first kappa shape index (κ1) is 52.2. The molecule has 11 heteroatoms. The summed E-state index contributed by atoms with van der Waals surface area (Å²) in [6.07, 6.45) is 33.1. The van der Waals surface area contributed by atoms with Crippen LogP contribution in [0.4, 0.5) is 0 Å². The van der Waals surface area contributed by atoms with Crippen LogP contribution in [-0.4, -0.2) is 88.4 Å². The molecular weight excluding hydrogens is 728 g/mol. The number of carboxylic acids is 1. The second-order valence-electron chi connectivity index (χ2n) is 15.2. The van der Waals surface area contributed by atoms with Gasteiger partial charge in [0.15, 0.2) is 18.5 Å². The summed E-state index contributed by atoms with van der Waals surface area (Å²) in [6, 6.07) is 0. The molecule has 0 aromatic heterocycles. The Morgan fingerprint density at radius 3 is 1.60 bits per heavy atom. The number of carbonyl (C=O) groups is 3. The topological polar surface area (TPSA) is 169 Å². The SMILES string of the molecule is CC/C=C\C/C=C\C/C=C\CCCCCC(=O)OCC(COC1OC(C(=O)O)C(O)C(O)C1O)OC(=O)CCCCCCCCC/C=C\CCCCCCCCC. The number of aliphatic hydroxyl groups is 3. The molecule has 1 aliphatic heterocycles. The lowest BCUT2D eigenvalue weighted by atomic mass is 9.99. The van der Waals surface area contributed by atoms with E-state index in [2.05, 4.69) is 62.5 Å². The molecule has 6 unspecified atom stereocenters. The quantitative estimate of drug-likeness (QED) is 0.0270. The number of ether oxygens (including phenoxy) is 4. The van der Waals surface area contributed by atoms with E-state index in [0.29, 0.717) is 12.8 Å². The summed E-state index contributed by atoms with van der Waals surface area (Å²) in [5.41, 5.74) is 0. The number of hydrogen-bond donors (Lipinski definition) is 4. The summed E-state index contributed by atoms with van der Waals surface area (Å²) >= 11 is 0. The molecule has 0 spiro atoms. The second kappa shape index (κ2) is 36.3. The summed E-state index contributed by atoms with van der Waals surface area (Å²) in [7, 11) is 0. The van der Waals surface area contributed by atoms with Crippen LogP contribution >= 0.6 is 0 Å². The van der Waals surface area contributed by atoms with Crippen molar-refractivity contribution in [1.82, 2.24) is 0 Å². The third-order valence-electron chi connectivity index (χ3n) is 9.91. The van der Waals surface area contributed by atoms with Gasteiger partial charge in [0.05, 0.1) is 6.61 Å². The van der Waals surface area contributed by atoms with Gasteiger partial charge in [-0.2, -0.15) is 0 Å². The number of rotatable bonds is 36. The van der Waals surface area contributed by atoms with Gasteiger partial charge in [-0.15, -0.1) is 0 Å². The van der Waals surface area contributed by atoms with Gasteiger partial charge in [-0.1, -0.05) is 140 Å². The van der Waals surface area contributed by atoms with Gasteiger partial charge >= 0.3 is 17.9 Å². The molecule has 1 saturated heterocycles. The lowest BCUT2D eigenvalue weighted by Crippen LogP contribution is -2.60. The van der Waals surface area contributed by atoms with Crippen molar-refractivity contribution >= 4 is 17.9 Å². The number of hydrogen-bond acceptors (Lipinski definition) is 10. The molecule has 0 aromatic carbocycles. The highest BCUT2D eigenvalue weighted by molar-refractivity contribution is 5.73. The fourth-order valence-electron chi connectivity index (χ4n) is 6.42. The third kappa shape index (κ3) is 28.3. The van der Waals surface area contributed by atoms with Crippen molar-refractivity contribution in [1.29, 1.82) is 0 Å². The highest BCUT2D eigenvalue weighted by atomic mass is 16.7. The van der Waals surface area contributed by atoms with Crippen LogP contribution in [0.3, 0.4) is 0 Å². The fraction of sp³-hybridized carbons (Fsp3) is 0.761. The largest absolute Gasteiger partial charge is 0.479 e. The molecule has 0 radical (unpaired) electrons. The molecule has 0 saturated carbocycles. The predicted molar refractivity (Wildman–Crippen MR) is 224 cm³/mol. The lowest BCUT2D eigenvalue weighted by molar-refractivity contribution is -0.298. The van der Waals surface area contributed by atoms with E-state index in [1.807, 2.05) is 0 Å². The second-order valence-corrected chi connectivity index (χ2v) is 15.2. The number of carbonyl (C=O) groups excluding carboxylic acids is 2. The van der Waals surface area contributed by atoms with Crippen LogP contribution in [0, 0.1) is 0 Å². The molecule has 328 valence electrons. The lowest BCUT2D eigenvalue weighted by Gasteiger charge is -2.38. The van der Waals surface area contributed by atoms with Crippen molar-refractivity contribution in [3.63, 3.8) is 0 Å². The minimum Gasteiger partial charge on any atom is -0.479 e. The van der Waals surface area contributed by atoms with Crippen molar-refractivity contribution in [2.45, 2.75) is 211 Å². The maximum atomic E-state index is 12.8. The van der Waals surface area contributed by atoms with Crippen molar-refractivity contribution in [2.24, 2.45) is 0 Å². The standard InChI is InChI=1S/C46H78O11/c1-3-5-7-9-11-13-15-17-18-19-20-21-23-25-27-29-31-33-35-40(48)56-38(37-55-46-43(51)41(49)42(50)44(57-46)45(52)53)36-54-39(47)34-32-30-28-26-24-22-16-14-12-10-8-6-4-2/h6,8,12,14,18-19,22,24,38,41-44,46,49-51H,3-5,7,9-11,13,15-17,20-21,23,25-37H2,1-2H3,(H,52,53)/b8-6-,14-12-,19-18-,24-22-. The van der Waals surface area contributed by atoms with E-state index in [1.165, 1.54) is 64.2 Å². The predicted octanol–water partition coefficient (Wildman–Crippen LogP) is 9.37. The zero-order valence-electron chi connectivity index (χ0n) is 35.3. The Labute approximate surface area is 344 Å². The van der Waals surface area contributed by atoms with Crippen molar-refractivity contribution in [3.8, 4) is 0 Å². The normalized spacial score (nSPS) is 20.6. The molecular formula is C46H78O11. The Morgan fingerprint density at radius 2 is 1.04 bits per heavy atom. The van der Waals surface area contributed by atoms with Gasteiger partial charge in [-0.05, 0) is 70.6 Å². The number of aliphatic hydroxyl groups excluding tert-OH is 3. The highest BCUT2D eigenvalue weighted by Crippen LogP contribution is 2.23. The van der Waals surface area contributed by atoms with Crippen LogP contribution in [-0.2, 0) is 33.3 Å². The summed E-state index contributed by atoms with van der Waals surface area (Å²) in [4.78, 5) is 36.8. The van der Waals surface area contributed by atoms with Gasteiger partial charge in [0.2, 0.25) is 0 Å². The molecule has 1 heterocycles. The monoisotopic (exact) mass is 807 g/mol. The average molecular weight is 807 g/mol. The number of esters is 2. The fourth-order valence-corrected chi connectivity index (χ4v) is 6.42. The molecule has 11 nitrogen and oxygen atoms in total. The minimum atomic E-state index is -1.87. The van der Waals surface area contributed by atoms with Crippen LogP contribution in [0.1, 0.15) is 174 Å². The third-order valence-corrected chi connectivity index (χ3v) is 9.91. The van der Waals surface area contributed by atoms with Gasteiger partial charge < -0.3 is 39.4 Å². The van der Waals surface area contributed by atoms with Gasteiger partial charge in [0, 0.05) is 12.8 Å². The van der Waals surface area contributed by atoms with Crippen molar-refractivity contribution < 1.29 is 53.8 Å². The first-order valence-corrected chi connectivity index (χ1v) is 22.2. The van der Waals surface area contributed by atoms with E-state index >= 15 is 0 Å². The molecule has 6 atom stereocenters. The first-order valence-electron chi connectivity index (χ1n) is 22.2. The maximum absolute atomic E-state index is 12.8. The van der Waals surface area contributed by atoms with Crippen LogP contribution < -0.4 is 0 Å². The van der Waals surface area contributed by atoms with E-state index in [9.17, 15) is 34.8 Å². The summed E-state index contributed by atoms with van der Waals surface area (Å²) < 4.78 is 21.7. The number of carboxylic acid groups (broad SMARTS) is 1. The van der Waals surface area contributed by atoms with Crippen LogP contribution in [0.5, 0.6) is 0 Å². The molecule has 1 aliphatic rings. The molecule has 0 amide bonds. The van der Waals surface area contributed by atoms with E-state index in [4.69, 9.17) is 18.9 Å². The maximum Gasteiger partial charge on any atom is 0.335 e. The Morgan fingerprint density at radius 1 is 0.561 bits per heavy atom. The van der Waals surface area contributed by atoms with E-state index in [1.54, 1.807) is 0 Å². The average Bonchev–Trinajstić information content (AvgIpc) is 3.19.